The lowest BCUT2D eigenvalue weighted by Gasteiger charge is -2.28. The van der Waals surface area contributed by atoms with Crippen molar-refractivity contribution in [3.63, 3.8) is 0 Å². The smallest absolute Gasteiger partial charge is 0.207 e. The van der Waals surface area contributed by atoms with E-state index in [0.29, 0.717) is 18.4 Å². The first-order valence-corrected chi connectivity index (χ1v) is 13.5. The Labute approximate surface area is 215 Å². The minimum atomic E-state index is -4.42. The SMILES string of the molecule is C[C@H](c1cccc2ccccc12)N(CCCc1cccc(C(F)(F)F)c1)S(=O)(=O)/C=C/c1ccccc1. The van der Waals surface area contributed by atoms with Crippen molar-refractivity contribution in [3.8, 4) is 0 Å². The van der Waals surface area contributed by atoms with Gasteiger partial charge in [-0.25, -0.2) is 8.42 Å². The largest absolute Gasteiger partial charge is 0.416 e. The molecule has 4 aromatic rings. The Hall–Kier alpha value is -3.42. The third-order valence-corrected chi connectivity index (χ3v) is 8.00. The molecule has 0 aliphatic rings. The first-order chi connectivity index (χ1) is 17.6. The predicted octanol–water partition coefficient (Wildman–Crippen LogP) is 7.86. The number of benzene rings is 4. The maximum atomic E-state index is 13.6. The fraction of sp³-hybridized carbons (Fsp3) is 0.200. The minimum absolute atomic E-state index is 0.155. The molecule has 0 N–H and O–H groups in total. The van der Waals surface area contributed by atoms with Gasteiger partial charge in [0.15, 0.2) is 0 Å². The number of alkyl halides is 3. The van der Waals surface area contributed by atoms with Gasteiger partial charge in [-0.15, -0.1) is 0 Å². The first kappa shape index (κ1) is 26.6. The van der Waals surface area contributed by atoms with Crippen LogP contribution in [0, 0.1) is 0 Å². The van der Waals surface area contributed by atoms with E-state index >= 15 is 0 Å². The van der Waals surface area contributed by atoms with Crippen LogP contribution < -0.4 is 0 Å². The highest BCUT2D eigenvalue weighted by Crippen LogP contribution is 2.32. The summed E-state index contributed by atoms with van der Waals surface area (Å²) in [5.74, 6) is 0. The number of rotatable bonds is 9. The number of hydrogen-bond acceptors (Lipinski definition) is 2. The molecular formula is C30H28F3NO2S. The van der Waals surface area contributed by atoms with Crippen LogP contribution >= 0.6 is 0 Å². The second-order valence-electron chi connectivity index (χ2n) is 8.92. The van der Waals surface area contributed by atoms with Crippen molar-refractivity contribution in [1.29, 1.82) is 0 Å². The molecule has 1 atom stereocenters. The van der Waals surface area contributed by atoms with E-state index in [1.165, 1.54) is 15.8 Å². The van der Waals surface area contributed by atoms with Crippen molar-refractivity contribution < 1.29 is 21.6 Å². The van der Waals surface area contributed by atoms with Crippen LogP contribution in [0.5, 0.6) is 0 Å². The molecule has 0 saturated heterocycles. The van der Waals surface area contributed by atoms with E-state index in [1.807, 2.05) is 79.7 Å². The van der Waals surface area contributed by atoms with Crippen LogP contribution in [-0.4, -0.2) is 19.3 Å². The fourth-order valence-corrected chi connectivity index (χ4v) is 5.88. The number of halogens is 3. The zero-order valence-corrected chi connectivity index (χ0v) is 21.2. The molecule has 0 aromatic heterocycles. The Balaban J connectivity index is 1.62. The van der Waals surface area contributed by atoms with E-state index in [-0.39, 0.29) is 6.54 Å². The Kier molecular flexibility index (Phi) is 8.15. The van der Waals surface area contributed by atoms with Gasteiger partial charge < -0.3 is 0 Å². The lowest BCUT2D eigenvalue weighted by atomic mass is 9.99. The molecule has 0 fully saturated rings. The summed E-state index contributed by atoms with van der Waals surface area (Å²) in [4.78, 5) is 0. The summed E-state index contributed by atoms with van der Waals surface area (Å²) in [6, 6.07) is 27.5. The van der Waals surface area contributed by atoms with E-state index in [2.05, 4.69) is 0 Å². The molecule has 4 aromatic carbocycles. The van der Waals surface area contributed by atoms with Gasteiger partial charge in [-0.3, -0.25) is 0 Å². The molecule has 0 amide bonds. The average molecular weight is 524 g/mol. The molecule has 0 aliphatic carbocycles. The van der Waals surface area contributed by atoms with Gasteiger partial charge in [0.05, 0.1) is 5.56 Å². The second-order valence-corrected chi connectivity index (χ2v) is 10.7. The molecule has 192 valence electrons. The zero-order chi connectivity index (χ0) is 26.5. The quantitative estimate of drug-likeness (QED) is 0.224. The van der Waals surface area contributed by atoms with Gasteiger partial charge >= 0.3 is 6.18 Å². The topological polar surface area (TPSA) is 37.4 Å². The van der Waals surface area contributed by atoms with Crippen LogP contribution in [0.25, 0.3) is 16.8 Å². The lowest BCUT2D eigenvalue weighted by molar-refractivity contribution is -0.137. The normalized spacial score (nSPS) is 13.4. The maximum Gasteiger partial charge on any atom is 0.416 e. The fourth-order valence-electron chi connectivity index (χ4n) is 4.46. The van der Waals surface area contributed by atoms with Gasteiger partial charge in [0.25, 0.3) is 0 Å². The molecule has 0 unspecified atom stereocenters. The van der Waals surface area contributed by atoms with Crippen molar-refractivity contribution in [2.75, 3.05) is 6.54 Å². The van der Waals surface area contributed by atoms with E-state index in [9.17, 15) is 21.6 Å². The highest BCUT2D eigenvalue weighted by atomic mass is 32.2. The summed E-state index contributed by atoms with van der Waals surface area (Å²) in [7, 11) is -3.85. The number of aryl methyl sites for hydroxylation is 1. The number of hydrogen-bond donors (Lipinski definition) is 0. The van der Waals surface area contributed by atoms with Gasteiger partial charge in [0, 0.05) is 18.0 Å². The van der Waals surface area contributed by atoms with Crippen LogP contribution in [0.1, 0.15) is 41.6 Å². The third-order valence-electron chi connectivity index (χ3n) is 6.36. The molecule has 4 rings (SSSR count). The van der Waals surface area contributed by atoms with Crippen LogP contribution in [0.4, 0.5) is 13.2 Å². The van der Waals surface area contributed by atoms with E-state index < -0.39 is 27.8 Å². The van der Waals surface area contributed by atoms with E-state index in [4.69, 9.17) is 0 Å². The van der Waals surface area contributed by atoms with E-state index in [1.54, 1.807) is 12.1 Å². The number of fused-ring (bicyclic) bond motifs is 1. The molecule has 0 spiro atoms. The Morgan fingerprint density at radius 2 is 1.54 bits per heavy atom. The number of sulfonamides is 1. The van der Waals surface area contributed by atoms with Crippen LogP contribution in [0.15, 0.2) is 102 Å². The van der Waals surface area contributed by atoms with Crippen molar-refractivity contribution in [3.05, 3.63) is 125 Å². The summed E-state index contributed by atoms with van der Waals surface area (Å²) in [5, 5.41) is 3.17. The summed E-state index contributed by atoms with van der Waals surface area (Å²) in [6.07, 6.45) is -2.17. The highest BCUT2D eigenvalue weighted by molar-refractivity contribution is 7.92. The van der Waals surface area contributed by atoms with Gasteiger partial charge in [0.1, 0.15) is 0 Å². The van der Waals surface area contributed by atoms with Crippen LogP contribution in [0.2, 0.25) is 0 Å². The molecule has 0 saturated carbocycles. The Bertz CT molecular complexity index is 1480. The van der Waals surface area contributed by atoms with E-state index in [0.717, 1.165) is 34.0 Å². The molecule has 0 heterocycles. The Morgan fingerprint density at radius 1 is 0.865 bits per heavy atom. The molecular weight excluding hydrogens is 495 g/mol. The van der Waals surface area contributed by atoms with Gasteiger partial charge in [-0.2, -0.15) is 17.5 Å². The molecule has 3 nitrogen and oxygen atoms in total. The van der Waals surface area contributed by atoms with Crippen molar-refractivity contribution in [1.82, 2.24) is 4.31 Å². The highest BCUT2D eigenvalue weighted by Gasteiger charge is 2.30. The van der Waals surface area contributed by atoms with Crippen molar-refractivity contribution >= 4 is 26.9 Å². The van der Waals surface area contributed by atoms with Gasteiger partial charge in [-0.05, 0) is 59.4 Å². The molecule has 7 heteroatoms. The maximum absolute atomic E-state index is 13.6. The summed E-state index contributed by atoms with van der Waals surface area (Å²) in [5.41, 5.74) is 1.44. The van der Waals surface area contributed by atoms with Crippen molar-refractivity contribution in [2.45, 2.75) is 32.0 Å². The summed E-state index contributed by atoms with van der Waals surface area (Å²) < 4.78 is 68.0. The molecule has 0 radical (unpaired) electrons. The average Bonchev–Trinajstić information content (AvgIpc) is 2.89. The molecule has 37 heavy (non-hydrogen) atoms. The van der Waals surface area contributed by atoms with Gasteiger partial charge in [0.2, 0.25) is 10.0 Å². The first-order valence-electron chi connectivity index (χ1n) is 12.0. The lowest BCUT2D eigenvalue weighted by Crippen LogP contribution is -2.33. The molecule has 0 aliphatic heterocycles. The second kappa shape index (κ2) is 11.3. The Morgan fingerprint density at radius 3 is 2.30 bits per heavy atom. The van der Waals surface area contributed by atoms with Gasteiger partial charge in [-0.1, -0.05) is 91.0 Å². The summed E-state index contributed by atoms with van der Waals surface area (Å²) >= 11 is 0. The van der Waals surface area contributed by atoms with Crippen molar-refractivity contribution in [2.24, 2.45) is 0 Å². The zero-order valence-electron chi connectivity index (χ0n) is 20.4. The minimum Gasteiger partial charge on any atom is -0.207 e. The molecule has 0 bridgehead atoms. The number of nitrogens with zero attached hydrogens (tertiary/aromatic N) is 1. The summed E-state index contributed by atoms with van der Waals surface area (Å²) in [6.45, 7) is 2.00. The monoisotopic (exact) mass is 523 g/mol. The van der Waals surface area contributed by atoms with Crippen LogP contribution in [-0.2, 0) is 22.6 Å². The van der Waals surface area contributed by atoms with Crippen LogP contribution in [0.3, 0.4) is 0 Å². The standard InChI is InChI=1S/C30H28F3NO2S/c1-23(28-18-8-15-26-14-5-6-17-29(26)28)34(37(35,36)21-19-24-10-3-2-4-11-24)20-9-13-25-12-7-16-27(22-25)30(31,32)33/h2-8,10-12,14-19,21-23H,9,13,20H2,1H3/b21-19+/t23-/m1/s1. The third kappa shape index (κ3) is 6.67. The predicted molar refractivity (Wildman–Crippen MR) is 143 cm³/mol.